The van der Waals surface area contributed by atoms with Crippen molar-refractivity contribution in [1.29, 1.82) is 0 Å². The summed E-state index contributed by atoms with van der Waals surface area (Å²) in [5, 5.41) is 6.40. The summed E-state index contributed by atoms with van der Waals surface area (Å²) in [5.74, 6) is 1.74. The maximum Gasteiger partial charge on any atom is 0.127 e. The van der Waals surface area contributed by atoms with Gasteiger partial charge in [0.15, 0.2) is 0 Å². The molecule has 0 bridgehead atoms. The lowest BCUT2D eigenvalue weighted by Crippen LogP contribution is -1.93. The molecule has 0 fully saturated rings. The van der Waals surface area contributed by atoms with Gasteiger partial charge < -0.3 is 9.47 Å². The highest BCUT2D eigenvalue weighted by Crippen LogP contribution is 2.46. The number of fused-ring (bicyclic) bond motifs is 1. The van der Waals surface area contributed by atoms with Crippen molar-refractivity contribution in [2.45, 2.75) is 0 Å². The molecule has 4 aromatic rings. The summed E-state index contributed by atoms with van der Waals surface area (Å²) in [7, 11) is 3.44. The van der Waals surface area contributed by atoms with E-state index in [9.17, 15) is 0 Å². The minimum absolute atomic E-state index is 0.868. The van der Waals surface area contributed by atoms with Crippen LogP contribution in [0.3, 0.4) is 0 Å². The average molecular weight is 352 g/mol. The van der Waals surface area contributed by atoms with Gasteiger partial charge in [-0.15, -0.1) is 22.7 Å². The number of methoxy groups -OCH3 is 2. The summed E-state index contributed by atoms with van der Waals surface area (Å²) in [6, 6.07) is 16.8. The van der Waals surface area contributed by atoms with E-state index in [2.05, 4.69) is 47.2 Å². The fourth-order valence-corrected chi connectivity index (χ4v) is 4.56. The van der Waals surface area contributed by atoms with E-state index in [4.69, 9.17) is 9.47 Å². The van der Waals surface area contributed by atoms with E-state index in [1.807, 2.05) is 12.1 Å². The molecule has 2 aromatic heterocycles. The first-order chi connectivity index (χ1) is 11.8. The molecule has 0 spiro atoms. The van der Waals surface area contributed by atoms with Crippen LogP contribution in [-0.4, -0.2) is 14.2 Å². The topological polar surface area (TPSA) is 18.5 Å². The first-order valence-corrected chi connectivity index (χ1v) is 9.35. The quantitative estimate of drug-likeness (QED) is 0.428. The molecule has 4 heteroatoms. The van der Waals surface area contributed by atoms with Crippen molar-refractivity contribution in [2.24, 2.45) is 0 Å². The molecule has 2 heterocycles. The van der Waals surface area contributed by atoms with Gasteiger partial charge in [-0.1, -0.05) is 12.1 Å². The van der Waals surface area contributed by atoms with E-state index in [1.54, 1.807) is 36.9 Å². The third-order valence-corrected chi connectivity index (χ3v) is 5.90. The largest absolute Gasteiger partial charge is 0.496 e. The Bertz CT molecular complexity index is 889. The number of ether oxygens (including phenoxy) is 2. The predicted octanol–water partition coefficient (Wildman–Crippen LogP) is 6.31. The lowest BCUT2D eigenvalue weighted by atomic mass is 9.96. The van der Waals surface area contributed by atoms with Crippen molar-refractivity contribution in [3.63, 3.8) is 0 Å². The maximum absolute atomic E-state index is 5.69. The molecule has 0 saturated carbocycles. The molecule has 0 unspecified atom stereocenters. The maximum atomic E-state index is 5.69. The van der Waals surface area contributed by atoms with Crippen molar-refractivity contribution < 1.29 is 9.47 Å². The van der Waals surface area contributed by atoms with Crippen molar-refractivity contribution in [3.05, 3.63) is 59.3 Å². The van der Waals surface area contributed by atoms with Crippen LogP contribution in [0.25, 0.3) is 31.7 Å². The van der Waals surface area contributed by atoms with Gasteiger partial charge in [-0.25, -0.2) is 0 Å². The van der Waals surface area contributed by atoms with Gasteiger partial charge in [-0.3, -0.25) is 0 Å². The van der Waals surface area contributed by atoms with Crippen LogP contribution in [0.4, 0.5) is 0 Å². The summed E-state index contributed by atoms with van der Waals surface area (Å²) in [6.45, 7) is 0. The number of hydrogen-bond acceptors (Lipinski definition) is 4. The Morgan fingerprint density at radius 3 is 1.42 bits per heavy atom. The first-order valence-electron chi connectivity index (χ1n) is 7.59. The molecule has 0 aliphatic rings. The summed E-state index contributed by atoms with van der Waals surface area (Å²) >= 11 is 3.47. The number of hydrogen-bond donors (Lipinski definition) is 0. The Morgan fingerprint density at radius 1 is 0.625 bits per heavy atom. The van der Waals surface area contributed by atoms with E-state index in [0.717, 1.165) is 22.3 Å². The van der Waals surface area contributed by atoms with Crippen LogP contribution >= 0.6 is 22.7 Å². The molecule has 0 aliphatic heterocycles. The molecule has 0 radical (unpaired) electrons. The van der Waals surface area contributed by atoms with Crippen LogP contribution in [0.5, 0.6) is 11.5 Å². The normalized spacial score (nSPS) is 10.9. The van der Waals surface area contributed by atoms with Gasteiger partial charge in [-0.2, -0.15) is 0 Å². The third kappa shape index (κ3) is 2.39. The molecule has 0 atom stereocenters. The summed E-state index contributed by atoms with van der Waals surface area (Å²) in [6.07, 6.45) is 0. The van der Waals surface area contributed by atoms with Crippen LogP contribution in [0.1, 0.15) is 0 Å². The molecule has 4 rings (SSSR count). The monoisotopic (exact) mass is 352 g/mol. The second kappa shape index (κ2) is 6.30. The van der Waals surface area contributed by atoms with Crippen LogP contribution in [0, 0.1) is 0 Å². The lowest BCUT2D eigenvalue weighted by molar-refractivity contribution is 0.415. The minimum atomic E-state index is 0.868. The number of rotatable bonds is 4. The van der Waals surface area contributed by atoms with Crippen LogP contribution in [-0.2, 0) is 0 Å². The second-order valence-electron chi connectivity index (χ2n) is 5.34. The Labute approximate surface area is 148 Å². The summed E-state index contributed by atoms with van der Waals surface area (Å²) in [5.41, 5.74) is 2.35. The molecule has 0 aliphatic carbocycles. The predicted molar refractivity (Wildman–Crippen MR) is 104 cm³/mol. The van der Waals surface area contributed by atoms with Gasteiger partial charge in [0, 0.05) is 31.7 Å². The van der Waals surface area contributed by atoms with E-state index < -0.39 is 0 Å². The standard InChI is InChI=1S/C20H16O2S2/c1-21-15-9-7-14(18-6-4-12-24-18)20-16(22-2)10-8-13(19(15)20)17-5-3-11-23-17/h3-12H,1-2H3. The summed E-state index contributed by atoms with van der Waals surface area (Å²) in [4.78, 5) is 2.45. The Balaban J connectivity index is 2.15. The molecule has 2 aromatic carbocycles. The van der Waals surface area contributed by atoms with E-state index in [1.165, 1.54) is 20.9 Å². The zero-order valence-corrected chi connectivity index (χ0v) is 15.0. The zero-order valence-electron chi connectivity index (χ0n) is 13.4. The van der Waals surface area contributed by atoms with Crippen LogP contribution in [0.15, 0.2) is 59.3 Å². The number of thiophene rings is 2. The molecule has 2 nitrogen and oxygen atoms in total. The molecule has 120 valence electrons. The highest BCUT2D eigenvalue weighted by molar-refractivity contribution is 7.14. The second-order valence-corrected chi connectivity index (χ2v) is 7.23. The van der Waals surface area contributed by atoms with Crippen LogP contribution < -0.4 is 9.47 Å². The fourth-order valence-electron chi connectivity index (χ4n) is 3.05. The molecule has 0 N–H and O–H groups in total. The van der Waals surface area contributed by atoms with Crippen molar-refractivity contribution in [3.8, 4) is 32.4 Å². The fraction of sp³-hybridized carbons (Fsp3) is 0.100. The average Bonchev–Trinajstić information content (AvgIpc) is 3.33. The smallest absolute Gasteiger partial charge is 0.127 e. The Hall–Kier alpha value is -2.30. The molecular weight excluding hydrogens is 336 g/mol. The zero-order chi connectivity index (χ0) is 16.5. The molecular formula is C20H16O2S2. The van der Waals surface area contributed by atoms with Crippen molar-refractivity contribution >= 4 is 33.4 Å². The lowest BCUT2D eigenvalue weighted by Gasteiger charge is -2.16. The van der Waals surface area contributed by atoms with Crippen LogP contribution in [0.2, 0.25) is 0 Å². The molecule has 0 amide bonds. The highest BCUT2D eigenvalue weighted by Gasteiger charge is 2.18. The molecule has 24 heavy (non-hydrogen) atoms. The van der Waals surface area contributed by atoms with E-state index in [0.29, 0.717) is 0 Å². The van der Waals surface area contributed by atoms with Gasteiger partial charge in [0.05, 0.1) is 14.2 Å². The molecule has 0 saturated heterocycles. The van der Waals surface area contributed by atoms with E-state index >= 15 is 0 Å². The van der Waals surface area contributed by atoms with E-state index in [-0.39, 0.29) is 0 Å². The minimum Gasteiger partial charge on any atom is -0.496 e. The van der Waals surface area contributed by atoms with Gasteiger partial charge in [-0.05, 0) is 47.2 Å². The van der Waals surface area contributed by atoms with Crippen molar-refractivity contribution in [1.82, 2.24) is 0 Å². The first kappa shape index (κ1) is 15.2. The summed E-state index contributed by atoms with van der Waals surface area (Å²) < 4.78 is 11.4. The van der Waals surface area contributed by atoms with Gasteiger partial charge in [0.25, 0.3) is 0 Å². The SMILES string of the molecule is COc1ccc(-c2cccs2)c2c(OC)ccc(-c3cccs3)c12. The van der Waals surface area contributed by atoms with Crippen molar-refractivity contribution in [2.75, 3.05) is 14.2 Å². The highest BCUT2D eigenvalue weighted by atomic mass is 32.1. The third-order valence-electron chi connectivity index (χ3n) is 4.10. The Kier molecular flexibility index (Phi) is 4.00. The Morgan fingerprint density at radius 2 is 1.08 bits per heavy atom. The van der Waals surface area contributed by atoms with Gasteiger partial charge in [0.2, 0.25) is 0 Å². The van der Waals surface area contributed by atoms with Gasteiger partial charge >= 0.3 is 0 Å². The van der Waals surface area contributed by atoms with Gasteiger partial charge in [0.1, 0.15) is 11.5 Å². The number of benzene rings is 2.